The van der Waals surface area contributed by atoms with Crippen LogP contribution in [-0.4, -0.2) is 159 Å². The van der Waals surface area contributed by atoms with Gasteiger partial charge in [0.25, 0.3) is 11.9 Å². The highest BCUT2D eigenvalue weighted by Gasteiger charge is 2.47. The van der Waals surface area contributed by atoms with Gasteiger partial charge in [-0.3, -0.25) is 38.4 Å². The predicted molar refractivity (Wildman–Crippen MR) is 312 cm³/mol. The molecule has 22 unspecified atom stereocenters. The largest absolute Gasteiger partial charge is 0.481 e. The van der Waals surface area contributed by atoms with E-state index in [1.807, 2.05) is 27.7 Å². The number of rotatable bonds is 38. The summed E-state index contributed by atoms with van der Waals surface area (Å²) in [5, 5.41) is 132. The fourth-order valence-electron chi connectivity index (χ4n) is 12.8. The molecule has 0 saturated carbocycles. The molecule has 0 saturated heterocycles. The Morgan fingerprint density at radius 2 is 0.402 bits per heavy atom. The van der Waals surface area contributed by atoms with Crippen molar-refractivity contribution < 1.29 is 110 Å². The Bertz CT molecular complexity index is 1660. The molecule has 0 bridgehead atoms. The summed E-state index contributed by atoms with van der Waals surface area (Å²) >= 11 is 0. The number of aliphatic hydroxyl groups excluding tert-OH is 6. The zero-order chi connectivity index (χ0) is 63.8. The lowest BCUT2D eigenvalue weighted by atomic mass is 9.61. The van der Waals surface area contributed by atoms with Crippen LogP contribution in [0.15, 0.2) is 0 Å². The zero-order valence-electron chi connectivity index (χ0n) is 50.7. The Kier molecular flexibility index (Phi) is 49.7. The normalized spacial score (nSPS) is 19.2. The summed E-state index contributed by atoms with van der Waals surface area (Å²) in [5.74, 6) is -18.7. The number of carboxylic acid groups (broad SMARTS) is 8. The molecule has 0 aromatic rings. The van der Waals surface area contributed by atoms with Crippen molar-refractivity contribution in [3.05, 3.63) is 0 Å². The van der Waals surface area contributed by atoms with E-state index in [1.54, 1.807) is 69.2 Å². The number of hydrogen-bond donors (Lipinski definition) is 14. The van der Waals surface area contributed by atoms with Crippen molar-refractivity contribution in [3.63, 3.8) is 0 Å². The van der Waals surface area contributed by atoms with Gasteiger partial charge >= 0.3 is 35.8 Å². The molecule has 488 valence electrons. The Labute approximate surface area is 490 Å². The highest BCUT2D eigenvalue weighted by Crippen LogP contribution is 2.46. The van der Waals surface area contributed by atoms with Gasteiger partial charge in [0.2, 0.25) is 0 Å². The highest BCUT2D eigenvalue weighted by molar-refractivity contribution is 5.73. The van der Waals surface area contributed by atoms with Gasteiger partial charge in [-0.25, -0.2) is 0 Å². The third-order valence-electron chi connectivity index (χ3n) is 18.2. The molecule has 14 N–H and O–H groups in total. The molecule has 0 aromatic carbocycles. The summed E-state index contributed by atoms with van der Waals surface area (Å²) in [6, 6.07) is 0. The summed E-state index contributed by atoms with van der Waals surface area (Å²) in [4.78, 5) is 91.1. The smallest absolute Gasteiger partial charge is 0.307 e. The van der Waals surface area contributed by atoms with Crippen LogP contribution in [0.4, 0.5) is 0 Å². The van der Waals surface area contributed by atoms with E-state index in [9.17, 15) is 90.0 Å². The molecule has 0 spiro atoms. The van der Waals surface area contributed by atoms with Gasteiger partial charge in [0.15, 0.2) is 0 Å². The lowest BCUT2D eigenvalue weighted by Gasteiger charge is -2.42. The molecule has 0 aliphatic heterocycles. The van der Waals surface area contributed by atoms with Crippen molar-refractivity contribution in [1.82, 2.24) is 0 Å². The van der Waals surface area contributed by atoms with Crippen LogP contribution in [0.1, 0.15) is 164 Å². The fourth-order valence-corrected chi connectivity index (χ4v) is 12.8. The maximum Gasteiger partial charge on any atom is 0.307 e. The minimum Gasteiger partial charge on any atom is -0.481 e. The first kappa shape index (κ1) is 88.7. The van der Waals surface area contributed by atoms with Crippen molar-refractivity contribution in [1.29, 1.82) is 0 Å². The quantitative estimate of drug-likeness (QED) is 0.0278. The molecule has 0 amide bonds. The second kappa shape index (κ2) is 45.9. The molecule has 0 radical (unpaired) electrons. The summed E-state index contributed by atoms with van der Waals surface area (Å²) in [5.41, 5.74) is 0. The van der Waals surface area contributed by atoms with E-state index in [0.717, 1.165) is 13.8 Å². The fraction of sp³-hybridized carbons (Fsp3) is 0.867. The molecule has 0 aromatic heterocycles. The average Bonchev–Trinajstić information content (AvgIpc) is 3.34. The third-order valence-corrected chi connectivity index (χ3v) is 18.2. The van der Waals surface area contributed by atoms with Gasteiger partial charge in [-0.1, -0.05) is 112 Å². The molecular formula is C60H116O22. The van der Waals surface area contributed by atoms with Crippen LogP contribution in [0.2, 0.25) is 0 Å². The standard InChI is InChI=1S/2C27H50O9.2C2H4O2.2CH4/c2*1-14(8-11-28)15(2)23(26(33)34)19(6)22(10-13-30)20(7)24(27(35)36)18(5)21(9-12-29)16(3)17(4)25(31)32;2*1-2(3)4;;/h2*14-24,28-30H,8-13H2,1-7H3,(H,31,32)(H,33,34)(H,35,36);2*1H3,(H,3,4);2*1H4. The van der Waals surface area contributed by atoms with Crippen molar-refractivity contribution in [2.75, 3.05) is 39.6 Å². The van der Waals surface area contributed by atoms with Gasteiger partial charge in [0, 0.05) is 53.5 Å². The van der Waals surface area contributed by atoms with Gasteiger partial charge in [0.1, 0.15) is 0 Å². The molecule has 0 aliphatic rings. The molecule has 0 aliphatic carbocycles. The molecule has 0 rings (SSSR count). The average molecular weight is 1190 g/mol. The van der Waals surface area contributed by atoms with Gasteiger partial charge in [-0.05, 0) is 133 Å². The number of hydrogen-bond acceptors (Lipinski definition) is 14. The van der Waals surface area contributed by atoms with E-state index < -0.39 is 142 Å². The van der Waals surface area contributed by atoms with Gasteiger partial charge in [-0.15, -0.1) is 0 Å². The van der Waals surface area contributed by atoms with Crippen LogP contribution in [0.5, 0.6) is 0 Å². The van der Waals surface area contributed by atoms with Crippen LogP contribution in [0.25, 0.3) is 0 Å². The zero-order valence-corrected chi connectivity index (χ0v) is 50.7. The summed E-state index contributed by atoms with van der Waals surface area (Å²) < 4.78 is 0. The topological polar surface area (TPSA) is 420 Å². The molecule has 82 heavy (non-hydrogen) atoms. The first-order chi connectivity index (χ1) is 36.8. The van der Waals surface area contributed by atoms with Crippen molar-refractivity contribution in [2.45, 2.75) is 164 Å². The second-order valence-electron chi connectivity index (χ2n) is 23.0. The van der Waals surface area contributed by atoms with E-state index in [4.69, 9.17) is 19.8 Å². The third kappa shape index (κ3) is 30.4. The Hall–Kier alpha value is -4.48. The van der Waals surface area contributed by atoms with E-state index >= 15 is 0 Å². The highest BCUT2D eigenvalue weighted by atomic mass is 16.4. The minimum absolute atomic E-state index is 0. The SMILES string of the molecule is C.C.CC(=O)O.CC(=O)O.CC(CCO)C(C)C(C(=O)O)C(C)C(CCO)C(C)C(C(=O)O)C(C)C(CCO)C(C)C(C)C(=O)O.CC(CCO)C(C)C(C(=O)O)C(C)C(CCO)C(C)C(C(=O)O)C(C)C(CCO)C(C)C(C)C(=O)O. The predicted octanol–water partition coefficient (Wildman–Crippen LogP) is 8.06. The van der Waals surface area contributed by atoms with Crippen molar-refractivity contribution in [3.8, 4) is 0 Å². The number of aliphatic carboxylic acids is 8. The molecule has 0 fully saturated rings. The Morgan fingerprint density at radius 1 is 0.256 bits per heavy atom. The van der Waals surface area contributed by atoms with Crippen LogP contribution < -0.4 is 0 Å². The van der Waals surface area contributed by atoms with Crippen molar-refractivity contribution >= 4 is 47.8 Å². The number of aliphatic hydroxyl groups is 6. The molecule has 22 nitrogen and oxygen atoms in total. The van der Waals surface area contributed by atoms with E-state index in [0.29, 0.717) is 12.8 Å². The molecule has 22 heteroatoms. The van der Waals surface area contributed by atoms with Crippen LogP contribution >= 0.6 is 0 Å². The van der Waals surface area contributed by atoms with E-state index in [-0.39, 0.29) is 116 Å². The minimum atomic E-state index is -1.06. The van der Waals surface area contributed by atoms with E-state index in [1.165, 1.54) is 0 Å². The summed E-state index contributed by atoms with van der Waals surface area (Å²) in [6.45, 7) is 26.0. The van der Waals surface area contributed by atoms with E-state index in [2.05, 4.69) is 0 Å². The summed E-state index contributed by atoms with van der Waals surface area (Å²) in [7, 11) is 0. The van der Waals surface area contributed by atoms with Crippen molar-refractivity contribution in [2.24, 2.45) is 130 Å². The molecule has 0 heterocycles. The Balaban J connectivity index is -0.000000304. The maximum atomic E-state index is 12.6. The van der Waals surface area contributed by atoms with Gasteiger partial charge < -0.3 is 71.5 Å². The van der Waals surface area contributed by atoms with Gasteiger partial charge in [0.05, 0.1) is 35.5 Å². The number of carbonyl (C=O) groups is 8. The van der Waals surface area contributed by atoms with Gasteiger partial charge in [-0.2, -0.15) is 0 Å². The molecule has 22 atom stereocenters. The number of carboxylic acids is 8. The van der Waals surface area contributed by atoms with Crippen LogP contribution in [0, 0.1) is 130 Å². The molecular weight excluding hydrogens is 1070 g/mol. The lowest BCUT2D eigenvalue weighted by Crippen LogP contribution is -2.44. The first-order valence-electron chi connectivity index (χ1n) is 28.3. The Morgan fingerprint density at radius 3 is 0.537 bits per heavy atom. The van der Waals surface area contributed by atoms with Crippen LogP contribution in [-0.2, 0) is 38.4 Å². The maximum absolute atomic E-state index is 12.6. The monoisotopic (exact) mass is 1190 g/mol. The summed E-state index contributed by atoms with van der Waals surface area (Å²) in [6.07, 6.45) is 1.88. The lowest BCUT2D eigenvalue weighted by molar-refractivity contribution is -0.154. The van der Waals surface area contributed by atoms with Crippen LogP contribution in [0.3, 0.4) is 0 Å². The second-order valence-corrected chi connectivity index (χ2v) is 23.0. The first-order valence-corrected chi connectivity index (χ1v) is 28.3.